The van der Waals surface area contributed by atoms with Gasteiger partial charge in [0.1, 0.15) is 6.07 Å². The molecule has 0 aliphatic carbocycles. The number of allylic oxidation sites excluding steroid dienone is 8. The zero-order valence-electron chi connectivity index (χ0n) is 28.2. The van der Waals surface area contributed by atoms with Crippen LogP contribution in [0.5, 0.6) is 0 Å². The molecule has 5 nitrogen and oxygen atoms in total. The molecule has 0 unspecified atom stereocenters. The van der Waals surface area contributed by atoms with Crippen molar-refractivity contribution in [2.75, 3.05) is 11.4 Å². The van der Waals surface area contributed by atoms with Gasteiger partial charge in [-0.25, -0.2) is 0 Å². The number of anilines is 2. The predicted octanol–water partition coefficient (Wildman–Crippen LogP) is 10.9. The van der Waals surface area contributed by atoms with Crippen molar-refractivity contribution in [3.8, 4) is 23.9 Å². The minimum absolute atomic E-state index is 0.439. The van der Waals surface area contributed by atoms with E-state index in [0.717, 1.165) is 44.7 Å². The van der Waals surface area contributed by atoms with Gasteiger partial charge in [0.2, 0.25) is 0 Å². The highest BCUT2D eigenvalue weighted by Gasteiger charge is 2.22. The molecule has 1 aromatic heterocycles. The molecular formula is C46H33N5. The number of nitriles is 3. The van der Waals surface area contributed by atoms with Gasteiger partial charge in [0.25, 0.3) is 0 Å². The Balaban J connectivity index is 1.38. The third-order valence-electron chi connectivity index (χ3n) is 9.26. The molecule has 0 fully saturated rings. The van der Waals surface area contributed by atoms with Crippen LogP contribution >= 0.6 is 0 Å². The molecule has 1 aliphatic heterocycles. The lowest BCUT2D eigenvalue weighted by molar-refractivity contribution is 1.08. The van der Waals surface area contributed by atoms with Gasteiger partial charge in [-0.2, -0.15) is 15.8 Å². The molecule has 0 saturated heterocycles. The molecule has 0 atom stereocenters. The van der Waals surface area contributed by atoms with Gasteiger partial charge in [0, 0.05) is 39.8 Å². The summed E-state index contributed by atoms with van der Waals surface area (Å²) in [5.41, 5.74) is 10.3. The molecule has 51 heavy (non-hydrogen) atoms. The van der Waals surface area contributed by atoms with Gasteiger partial charge in [-0.3, -0.25) is 0 Å². The summed E-state index contributed by atoms with van der Waals surface area (Å²) >= 11 is 0. The van der Waals surface area contributed by atoms with E-state index in [1.807, 2.05) is 60.4 Å². The molecule has 5 heteroatoms. The highest BCUT2D eigenvalue weighted by Crippen LogP contribution is 2.39. The van der Waals surface area contributed by atoms with E-state index >= 15 is 0 Å². The van der Waals surface area contributed by atoms with Crippen LogP contribution in [0, 0.1) is 34.0 Å². The van der Waals surface area contributed by atoms with E-state index in [1.165, 1.54) is 10.8 Å². The summed E-state index contributed by atoms with van der Waals surface area (Å²) in [6.45, 7) is 6.66. The van der Waals surface area contributed by atoms with E-state index in [1.54, 1.807) is 18.2 Å². The molecule has 7 rings (SSSR count). The molecule has 1 aliphatic rings. The molecule has 0 spiro atoms. The summed E-state index contributed by atoms with van der Waals surface area (Å²) in [6.07, 6.45) is 14.5. The minimum Gasteiger partial charge on any atom is -0.336 e. The Labute approximate surface area is 298 Å². The van der Waals surface area contributed by atoms with E-state index in [-0.39, 0.29) is 0 Å². The molecule has 242 valence electrons. The van der Waals surface area contributed by atoms with Crippen molar-refractivity contribution in [2.24, 2.45) is 0 Å². The molecule has 6 aromatic rings. The first-order valence-corrected chi connectivity index (χ1v) is 16.8. The number of hydrogen-bond donors (Lipinski definition) is 0. The maximum atomic E-state index is 10.8. The van der Waals surface area contributed by atoms with Crippen molar-refractivity contribution in [3.05, 3.63) is 186 Å². The van der Waals surface area contributed by atoms with Crippen LogP contribution in [-0.4, -0.2) is 11.1 Å². The number of para-hydroxylation sites is 3. The third kappa shape index (κ3) is 6.04. The highest BCUT2D eigenvalue weighted by atomic mass is 15.1. The molecular weight excluding hydrogens is 623 g/mol. The summed E-state index contributed by atoms with van der Waals surface area (Å²) in [4.78, 5) is 2.03. The number of nitrogens with zero attached hydrogens (tertiary/aromatic N) is 5. The van der Waals surface area contributed by atoms with Gasteiger partial charge in [-0.1, -0.05) is 104 Å². The van der Waals surface area contributed by atoms with Gasteiger partial charge >= 0.3 is 0 Å². The first-order valence-electron chi connectivity index (χ1n) is 16.8. The predicted molar refractivity (Wildman–Crippen MR) is 209 cm³/mol. The van der Waals surface area contributed by atoms with E-state index in [4.69, 9.17) is 0 Å². The van der Waals surface area contributed by atoms with E-state index in [9.17, 15) is 15.8 Å². The van der Waals surface area contributed by atoms with Crippen LogP contribution in [0.4, 0.5) is 11.4 Å². The number of fused-ring (bicyclic) bond motifs is 4. The topological polar surface area (TPSA) is 79.5 Å². The Kier molecular flexibility index (Phi) is 9.00. The lowest BCUT2D eigenvalue weighted by atomic mass is 9.93. The Morgan fingerprint density at radius 3 is 2.16 bits per heavy atom. The van der Waals surface area contributed by atoms with Gasteiger partial charge in [0.05, 0.1) is 45.5 Å². The summed E-state index contributed by atoms with van der Waals surface area (Å²) in [5.74, 6) is 0. The van der Waals surface area contributed by atoms with Crippen molar-refractivity contribution in [1.82, 2.24) is 4.57 Å². The van der Waals surface area contributed by atoms with Crippen molar-refractivity contribution >= 4 is 44.3 Å². The van der Waals surface area contributed by atoms with Crippen molar-refractivity contribution in [2.45, 2.75) is 13.3 Å². The Morgan fingerprint density at radius 2 is 1.45 bits per heavy atom. The smallest absolute Gasteiger partial charge is 0.102 e. The SMILES string of the molecule is C=C1/C=C\C=C/CN(c2cc(C#N)cc(C(/C=C\C)=C/Cc3ccccc3-n3c4ccccc4c4ccccc43)c2C#N)c2ccc(C#N)cc21. The van der Waals surface area contributed by atoms with Crippen LogP contribution in [0.3, 0.4) is 0 Å². The molecule has 0 radical (unpaired) electrons. The van der Waals surface area contributed by atoms with Crippen molar-refractivity contribution < 1.29 is 0 Å². The quantitative estimate of drug-likeness (QED) is 0.167. The Bertz CT molecular complexity index is 2550. The standard InChI is InChI=1S/C46H33N5/c1-3-13-35(22-23-36-15-6-9-18-42(36)51-44-19-10-7-16-37(44)38-17-8-11-20-45(38)51)40-27-34(30-48)28-46(41(40)31-49)50-25-12-4-5-14-32(2)39-26-33(29-47)21-24-43(39)50/h3-22,24,26-28H,2,23,25H2,1H3/b12-4-,13-3-,14-5-,35-22+. The lowest BCUT2D eigenvalue weighted by Gasteiger charge is -2.28. The fraction of sp³-hybridized carbons (Fsp3) is 0.0652. The summed E-state index contributed by atoms with van der Waals surface area (Å²) in [6, 6.07) is 41.5. The molecule has 2 heterocycles. The van der Waals surface area contributed by atoms with E-state index in [0.29, 0.717) is 40.9 Å². The van der Waals surface area contributed by atoms with Gasteiger partial charge < -0.3 is 9.47 Å². The second kappa shape index (κ2) is 14.2. The molecule has 0 bridgehead atoms. The van der Waals surface area contributed by atoms with E-state index < -0.39 is 0 Å². The molecule has 0 N–H and O–H groups in total. The first-order chi connectivity index (χ1) is 25.1. The summed E-state index contributed by atoms with van der Waals surface area (Å²) in [7, 11) is 0. The number of aromatic nitrogens is 1. The van der Waals surface area contributed by atoms with Crippen LogP contribution in [0.15, 0.2) is 152 Å². The van der Waals surface area contributed by atoms with Gasteiger partial charge in [-0.15, -0.1) is 0 Å². The van der Waals surface area contributed by atoms with Crippen molar-refractivity contribution in [3.63, 3.8) is 0 Å². The zero-order valence-corrected chi connectivity index (χ0v) is 28.2. The van der Waals surface area contributed by atoms with Crippen LogP contribution in [-0.2, 0) is 6.42 Å². The Hall–Kier alpha value is -7.13. The van der Waals surface area contributed by atoms with Crippen LogP contribution < -0.4 is 4.90 Å². The number of benzene rings is 5. The van der Waals surface area contributed by atoms with E-state index in [2.05, 4.69) is 108 Å². The van der Waals surface area contributed by atoms with Gasteiger partial charge in [-0.05, 0) is 78.6 Å². The summed E-state index contributed by atoms with van der Waals surface area (Å²) in [5, 5.41) is 33.2. The first kappa shape index (κ1) is 32.4. The maximum Gasteiger partial charge on any atom is 0.102 e. The zero-order chi connectivity index (χ0) is 35.3. The second-order valence-electron chi connectivity index (χ2n) is 12.3. The number of hydrogen-bond acceptors (Lipinski definition) is 4. The van der Waals surface area contributed by atoms with Crippen LogP contribution in [0.1, 0.15) is 40.3 Å². The monoisotopic (exact) mass is 655 g/mol. The largest absolute Gasteiger partial charge is 0.336 e. The second-order valence-corrected chi connectivity index (χ2v) is 12.3. The van der Waals surface area contributed by atoms with Gasteiger partial charge in [0.15, 0.2) is 0 Å². The molecule has 5 aromatic carbocycles. The van der Waals surface area contributed by atoms with Crippen molar-refractivity contribution in [1.29, 1.82) is 15.8 Å². The van der Waals surface area contributed by atoms with Crippen LogP contribution in [0.25, 0.3) is 38.6 Å². The average molecular weight is 656 g/mol. The maximum absolute atomic E-state index is 10.8. The fourth-order valence-electron chi connectivity index (χ4n) is 6.93. The molecule has 0 amide bonds. The van der Waals surface area contributed by atoms with Crippen LogP contribution in [0.2, 0.25) is 0 Å². The molecule has 0 saturated carbocycles. The third-order valence-corrected chi connectivity index (χ3v) is 9.26. The summed E-state index contributed by atoms with van der Waals surface area (Å²) < 4.78 is 2.33. The number of rotatable bonds is 6. The Morgan fingerprint density at radius 1 is 0.745 bits per heavy atom. The average Bonchev–Trinajstić information content (AvgIpc) is 3.54. The lowest BCUT2D eigenvalue weighted by Crippen LogP contribution is -2.20. The normalized spacial score (nSPS) is 14.3. The highest BCUT2D eigenvalue weighted by molar-refractivity contribution is 6.09. The minimum atomic E-state index is 0.439. The fourth-order valence-corrected chi connectivity index (χ4v) is 6.93.